The molecule has 0 radical (unpaired) electrons. The van der Waals surface area contributed by atoms with Gasteiger partial charge in [-0.05, 0) is 27.7 Å². The molecule has 1 nitrogen and oxygen atoms in total. The Bertz CT molecular complexity index is 497. The van der Waals surface area contributed by atoms with Crippen molar-refractivity contribution in [3.05, 3.63) is 35.4 Å². The highest BCUT2D eigenvalue weighted by Gasteiger charge is 2.54. The smallest absolute Gasteiger partial charge is 0.366 e. The average Bonchev–Trinajstić information content (AvgIpc) is 2.24. The van der Waals surface area contributed by atoms with Gasteiger partial charge >= 0.3 is 6.18 Å². The predicted molar refractivity (Wildman–Crippen MR) is 68.4 cm³/mol. The lowest BCUT2D eigenvalue weighted by Gasteiger charge is -2.26. The molecule has 104 valence electrons. The Hall–Kier alpha value is -1.47. The van der Waals surface area contributed by atoms with Crippen molar-refractivity contribution in [1.29, 1.82) is 0 Å². The van der Waals surface area contributed by atoms with E-state index in [4.69, 9.17) is 0 Å². The number of benzene rings is 1. The van der Waals surface area contributed by atoms with Crippen LogP contribution in [-0.2, 0) is 5.60 Å². The van der Waals surface area contributed by atoms with E-state index in [0.29, 0.717) is 0 Å². The van der Waals surface area contributed by atoms with Crippen LogP contribution in [0.4, 0.5) is 13.2 Å². The Morgan fingerprint density at radius 2 is 1.42 bits per heavy atom. The Labute approximate surface area is 111 Å². The molecule has 0 bridgehead atoms. The van der Waals surface area contributed by atoms with Crippen molar-refractivity contribution in [2.75, 3.05) is 0 Å². The second-order valence-electron chi connectivity index (χ2n) is 5.57. The Morgan fingerprint density at radius 3 is 1.79 bits per heavy atom. The lowest BCUT2D eigenvalue weighted by molar-refractivity contribution is -0.240. The van der Waals surface area contributed by atoms with Crippen LogP contribution >= 0.6 is 0 Å². The van der Waals surface area contributed by atoms with Gasteiger partial charge in [-0.2, -0.15) is 13.2 Å². The van der Waals surface area contributed by atoms with Crippen molar-refractivity contribution < 1.29 is 18.3 Å². The molecule has 0 spiro atoms. The molecule has 0 aliphatic heterocycles. The van der Waals surface area contributed by atoms with Gasteiger partial charge in [0.15, 0.2) is 0 Å². The zero-order valence-electron chi connectivity index (χ0n) is 11.4. The van der Waals surface area contributed by atoms with Gasteiger partial charge in [-0.3, -0.25) is 0 Å². The predicted octanol–water partition coefficient (Wildman–Crippen LogP) is 3.79. The van der Waals surface area contributed by atoms with Crippen molar-refractivity contribution in [2.24, 2.45) is 5.41 Å². The summed E-state index contributed by atoms with van der Waals surface area (Å²) in [6.07, 6.45) is -4.85. The third-order valence-corrected chi connectivity index (χ3v) is 2.50. The first kappa shape index (κ1) is 15.6. The highest BCUT2D eigenvalue weighted by molar-refractivity contribution is 5.36. The van der Waals surface area contributed by atoms with Crippen molar-refractivity contribution in [2.45, 2.75) is 39.5 Å². The third kappa shape index (κ3) is 3.74. The number of hydrogen-bond acceptors (Lipinski definition) is 1. The Balaban J connectivity index is 3.36. The number of aliphatic hydroxyl groups is 1. The summed E-state index contributed by atoms with van der Waals surface area (Å²) < 4.78 is 39.3. The summed E-state index contributed by atoms with van der Waals surface area (Å²) in [5, 5.41) is 9.97. The molecule has 1 aromatic carbocycles. The van der Waals surface area contributed by atoms with E-state index in [0.717, 1.165) is 5.56 Å². The second kappa shape index (κ2) is 4.90. The maximum Gasteiger partial charge on any atom is 0.433 e. The minimum absolute atomic E-state index is 0.262. The minimum Gasteiger partial charge on any atom is -0.366 e. The Morgan fingerprint density at radius 1 is 0.947 bits per heavy atom. The standard InChI is InChI=1S/C15H17F3O/c1-11-5-7-12(8-6-11)14(19,15(16,17)18)10-9-13(2,3)4/h5-8,19H,1-4H3/t14-/m0/s1. The lowest BCUT2D eigenvalue weighted by Crippen LogP contribution is -2.41. The van der Waals surface area contributed by atoms with Crippen LogP contribution in [0.3, 0.4) is 0 Å². The van der Waals surface area contributed by atoms with Crippen LogP contribution in [0, 0.1) is 24.2 Å². The molecule has 0 aliphatic rings. The molecule has 4 heteroatoms. The van der Waals surface area contributed by atoms with Crippen molar-refractivity contribution in [1.82, 2.24) is 0 Å². The first-order valence-corrected chi connectivity index (χ1v) is 5.86. The van der Waals surface area contributed by atoms with E-state index >= 15 is 0 Å². The van der Waals surface area contributed by atoms with Crippen LogP contribution in [0.25, 0.3) is 0 Å². The molecule has 1 N–H and O–H groups in total. The fourth-order valence-corrected chi connectivity index (χ4v) is 1.38. The molecule has 19 heavy (non-hydrogen) atoms. The van der Waals surface area contributed by atoms with Gasteiger partial charge in [-0.15, -0.1) is 0 Å². The molecular weight excluding hydrogens is 253 g/mol. The molecular formula is C15H17F3O. The fourth-order valence-electron chi connectivity index (χ4n) is 1.38. The van der Waals surface area contributed by atoms with Gasteiger partial charge < -0.3 is 5.11 Å². The molecule has 0 saturated carbocycles. The monoisotopic (exact) mass is 270 g/mol. The van der Waals surface area contributed by atoms with E-state index in [1.165, 1.54) is 24.3 Å². The quantitative estimate of drug-likeness (QED) is 0.770. The van der Waals surface area contributed by atoms with Crippen LogP contribution < -0.4 is 0 Å². The zero-order valence-corrected chi connectivity index (χ0v) is 11.4. The van der Waals surface area contributed by atoms with Gasteiger partial charge in [0.1, 0.15) is 0 Å². The van der Waals surface area contributed by atoms with Gasteiger partial charge in [-0.1, -0.05) is 41.7 Å². The number of aryl methyl sites for hydroxylation is 1. The van der Waals surface area contributed by atoms with E-state index in [2.05, 4.69) is 5.92 Å². The summed E-state index contributed by atoms with van der Waals surface area (Å²) in [7, 11) is 0. The van der Waals surface area contributed by atoms with Gasteiger partial charge in [0.05, 0.1) is 0 Å². The van der Waals surface area contributed by atoms with Crippen LogP contribution in [-0.4, -0.2) is 11.3 Å². The first-order valence-electron chi connectivity index (χ1n) is 5.86. The maximum absolute atomic E-state index is 13.1. The normalized spacial score (nSPS) is 15.4. The van der Waals surface area contributed by atoms with Gasteiger partial charge in [-0.25, -0.2) is 0 Å². The number of alkyl halides is 3. The third-order valence-electron chi connectivity index (χ3n) is 2.50. The van der Waals surface area contributed by atoms with Crippen LogP contribution in [0.1, 0.15) is 31.9 Å². The highest BCUT2D eigenvalue weighted by Crippen LogP contribution is 2.38. The zero-order chi connectivity index (χ0) is 14.9. The number of halogens is 3. The highest BCUT2D eigenvalue weighted by atomic mass is 19.4. The molecule has 0 unspecified atom stereocenters. The van der Waals surface area contributed by atoms with Crippen LogP contribution in [0.2, 0.25) is 0 Å². The van der Waals surface area contributed by atoms with Gasteiger partial charge in [0, 0.05) is 11.0 Å². The largest absolute Gasteiger partial charge is 0.433 e. The van der Waals surface area contributed by atoms with E-state index in [9.17, 15) is 18.3 Å². The number of rotatable bonds is 1. The summed E-state index contributed by atoms with van der Waals surface area (Å²) in [6, 6.07) is 5.54. The molecule has 0 aromatic heterocycles. The molecule has 1 rings (SSSR count). The van der Waals surface area contributed by atoms with Crippen molar-refractivity contribution in [3.8, 4) is 11.8 Å². The SMILES string of the molecule is Cc1ccc([C@@](O)(C#CC(C)(C)C)C(F)(F)F)cc1. The van der Waals surface area contributed by atoms with Crippen LogP contribution in [0.15, 0.2) is 24.3 Å². The minimum atomic E-state index is -4.85. The first-order chi connectivity index (χ1) is 8.46. The van der Waals surface area contributed by atoms with E-state index in [-0.39, 0.29) is 5.56 Å². The van der Waals surface area contributed by atoms with Crippen molar-refractivity contribution in [3.63, 3.8) is 0 Å². The summed E-state index contributed by atoms with van der Waals surface area (Å²) in [5.41, 5.74) is -3.20. The Kier molecular flexibility index (Phi) is 4.02. The molecule has 1 aromatic rings. The van der Waals surface area contributed by atoms with E-state index < -0.39 is 17.2 Å². The molecule has 0 fully saturated rings. The second-order valence-corrected chi connectivity index (χ2v) is 5.57. The lowest BCUT2D eigenvalue weighted by atomic mass is 9.90. The summed E-state index contributed by atoms with van der Waals surface area (Å²) in [5.74, 6) is 4.45. The average molecular weight is 270 g/mol. The van der Waals surface area contributed by atoms with E-state index in [1.807, 2.05) is 5.92 Å². The summed E-state index contributed by atoms with van der Waals surface area (Å²) >= 11 is 0. The van der Waals surface area contributed by atoms with Crippen molar-refractivity contribution >= 4 is 0 Å². The molecule has 0 saturated heterocycles. The van der Waals surface area contributed by atoms with Gasteiger partial charge in [0.2, 0.25) is 5.60 Å². The molecule has 0 amide bonds. The maximum atomic E-state index is 13.1. The number of hydrogen-bond donors (Lipinski definition) is 1. The van der Waals surface area contributed by atoms with Gasteiger partial charge in [0.25, 0.3) is 0 Å². The van der Waals surface area contributed by atoms with E-state index in [1.54, 1.807) is 27.7 Å². The summed E-state index contributed by atoms with van der Waals surface area (Å²) in [6.45, 7) is 6.82. The summed E-state index contributed by atoms with van der Waals surface area (Å²) in [4.78, 5) is 0. The molecule has 0 aliphatic carbocycles. The fraction of sp³-hybridized carbons (Fsp3) is 0.467. The molecule has 0 heterocycles. The topological polar surface area (TPSA) is 20.2 Å². The molecule has 1 atom stereocenters. The van der Waals surface area contributed by atoms with Crippen LogP contribution in [0.5, 0.6) is 0 Å².